The van der Waals surface area contributed by atoms with Gasteiger partial charge in [0.2, 0.25) is 0 Å². The van der Waals surface area contributed by atoms with E-state index < -0.39 is 51.0 Å². The fraction of sp³-hybridized carbons (Fsp3) is 0.611. The van der Waals surface area contributed by atoms with E-state index in [-0.39, 0.29) is 35.7 Å². The SMILES string of the molecule is CN1C(=O)c2ccccc2[PH+](C)P12(N(CCCl)CCCl)OC(C(F)(F)F)C(C(F)(F)C(F)(F)F)O2. The van der Waals surface area contributed by atoms with Crippen LogP contribution in [0.15, 0.2) is 24.3 Å². The minimum atomic E-state index is -6.40. The van der Waals surface area contributed by atoms with Gasteiger partial charge >= 0.3 is 206 Å². The molecule has 0 bridgehead atoms. The van der Waals surface area contributed by atoms with Crippen LogP contribution in [0, 0.1) is 0 Å². The summed E-state index contributed by atoms with van der Waals surface area (Å²) >= 11 is 11.7. The number of fused-ring (bicyclic) bond motifs is 1. The van der Waals surface area contributed by atoms with Gasteiger partial charge in [0.1, 0.15) is 0 Å². The molecule has 3 unspecified atom stereocenters. The summed E-state index contributed by atoms with van der Waals surface area (Å²) in [6.07, 6.45) is -19.6. The van der Waals surface area contributed by atoms with E-state index in [0.717, 1.165) is 11.7 Å². The van der Waals surface area contributed by atoms with Gasteiger partial charge in [-0.05, 0) is 0 Å². The molecule has 2 heterocycles. The van der Waals surface area contributed by atoms with Gasteiger partial charge in [0.15, 0.2) is 0 Å². The van der Waals surface area contributed by atoms with E-state index in [1.807, 2.05) is 0 Å². The second-order valence-electron chi connectivity index (χ2n) is 7.88. The van der Waals surface area contributed by atoms with Crippen LogP contribution in [-0.2, 0) is 9.05 Å². The first-order valence-electron chi connectivity index (χ1n) is 10.0. The van der Waals surface area contributed by atoms with Crippen molar-refractivity contribution in [1.29, 1.82) is 0 Å². The fourth-order valence-corrected chi connectivity index (χ4v) is 18.2. The molecule has 0 radical (unpaired) electrons. The van der Waals surface area contributed by atoms with Crippen molar-refractivity contribution in [2.75, 3.05) is 38.6 Å². The molecule has 17 heteroatoms. The number of rotatable bonds is 6. The van der Waals surface area contributed by atoms with Crippen LogP contribution in [0.1, 0.15) is 10.4 Å². The van der Waals surface area contributed by atoms with Crippen molar-refractivity contribution in [3.8, 4) is 0 Å². The topological polar surface area (TPSA) is 42.0 Å². The third kappa shape index (κ3) is 4.14. The van der Waals surface area contributed by atoms with Crippen molar-refractivity contribution in [2.45, 2.75) is 30.5 Å². The first kappa shape index (κ1) is 29.0. The van der Waals surface area contributed by atoms with E-state index in [9.17, 15) is 39.9 Å². The van der Waals surface area contributed by atoms with Crippen LogP contribution in [0.2, 0.25) is 0 Å². The molecule has 1 spiro atoms. The Bertz CT molecular complexity index is 982. The molecule has 35 heavy (non-hydrogen) atoms. The summed E-state index contributed by atoms with van der Waals surface area (Å²) in [4.78, 5) is 13.4. The van der Waals surface area contributed by atoms with Crippen LogP contribution in [-0.4, -0.2) is 84.3 Å². The number of alkyl halides is 10. The molecule has 1 amide bonds. The van der Waals surface area contributed by atoms with Gasteiger partial charge in [0.05, 0.1) is 0 Å². The van der Waals surface area contributed by atoms with Gasteiger partial charge in [-0.1, -0.05) is 0 Å². The minimum absolute atomic E-state index is 0.0557. The zero-order valence-corrected chi connectivity index (χ0v) is 21.5. The maximum absolute atomic E-state index is 14.6. The third-order valence-electron chi connectivity index (χ3n) is 6.07. The molecule has 5 nitrogen and oxygen atoms in total. The Hall–Kier alpha value is -0.550. The summed E-state index contributed by atoms with van der Waals surface area (Å²) in [6.45, 7) is 0.646. The molecule has 1 aromatic rings. The summed E-state index contributed by atoms with van der Waals surface area (Å²) in [5, 5.41) is 0.171. The second kappa shape index (κ2) is 9.33. The molecule has 1 fully saturated rings. The van der Waals surface area contributed by atoms with Crippen LogP contribution >= 0.6 is 37.9 Å². The van der Waals surface area contributed by atoms with Crippen molar-refractivity contribution >= 4 is 49.1 Å². The van der Waals surface area contributed by atoms with Crippen molar-refractivity contribution in [3.05, 3.63) is 29.8 Å². The van der Waals surface area contributed by atoms with Gasteiger partial charge in [-0.3, -0.25) is 0 Å². The molecule has 1 aromatic carbocycles. The monoisotopic (exact) mass is 597 g/mol. The number of carbonyl (C=O) groups excluding carboxylic acids is 1. The average Bonchev–Trinajstić information content (AvgIpc) is 3.16. The van der Waals surface area contributed by atoms with Gasteiger partial charge < -0.3 is 0 Å². The predicted molar refractivity (Wildman–Crippen MR) is 119 cm³/mol. The first-order valence-corrected chi connectivity index (χ1v) is 15.9. The van der Waals surface area contributed by atoms with Crippen molar-refractivity contribution in [3.63, 3.8) is 0 Å². The Kier molecular flexibility index (Phi) is 7.73. The van der Waals surface area contributed by atoms with Crippen molar-refractivity contribution in [1.82, 2.24) is 9.34 Å². The summed E-state index contributed by atoms with van der Waals surface area (Å²) in [5.74, 6) is -7.50. The molecule has 0 N–H and O–H groups in total. The molecule has 2 aliphatic rings. The number of nitrogens with zero attached hydrogens (tertiary/aromatic N) is 2. The van der Waals surface area contributed by atoms with Gasteiger partial charge in [-0.25, -0.2) is 0 Å². The number of hydrogen-bond donors (Lipinski definition) is 0. The summed E-state index contributed by atoms with van der Waals surface area (Å²) in [6, 6.07) is 5.72. The number of carbonyl (C=O) groups is 1. The van der Waals surface area contributed by atoms with Gasteiger partial charge in [-0.2, -0.15) is 0 Å². The molecule has 0 aliphatic carbocycles. The third-order valence-corrected chi connectivity index (χ3v) is 19.2. The molecule has 0 aromatic heterocycles. The number of halogens is 10. The number of benzene rings is 1. The zero-order chi connectivity index (χ0) is 26.6. The number of hydrogen-bond acceptors (Lipinski definition) is 4. The van der Waals surface area contributed by atoms with E-state index in [2.05, 4.69) is 0 Å². The molecular weight excluding hydrogens is 577 g/mol. The average molecular weight is 598 g/mol. The Labute approximate surface area is 206 Å². The van der Waals surface area contributed by atoms with Crippen LogP contribution in [0.4, 0.5) is 35.1 Å². The molecule has 2 aliphatic heterocycles. The van der Waals surface area contributed by atoms with Crippen LogP contribution in [0.25, 0.3) is 0 Å². The summed E-state index contributed by atoms with van der Waals surface area (Å²) < 4.78 is 124. The molecule has 1 saturated heterocycles. The summed E-state index contributed by atoms with van der Waals surface area (Å²) in [7, 11) is -7.48. The predicted octanol–water partition coefficient (Wildman–Crippen LogP) is 5.69. The normalized spacial score (nSPS) is 27.7. The Morgan fingerprint density at radius 3 is 2.00 bits per heavy atom. The Balaban J connectivity index is 2.42. The summed E-state index contributed by atoms with van der Waals surface area (Å²) in [5.41, 5.74) is 0.0557. The van der Waals surface area contributed by atoms with E-state index in [1.54, 1.807) is 0 Å². The molecular formula is C18H21Cl2F8N2O3P2+. The van der Waals surface area contributed by atoms with E-state index in [1.165, 1.54) is 30.9 Å². The zero-order valence-electron chi connectivity index (χ0n) is 18.1. The second-order valence-corrected chi connectivity index (χ2v) is 18.0. The Morgan fingerprint density at radius 1 is 1.00 bits per heavy atom. The molecule has 0 saturated carbocycles. The first-order chi connectivity index (χ1) is 16.0. The van der Waals surface area contributed by atoms with Gasteiger partial charge in [0.25, 0.3) is 0 Å². The Morgan fingerprint density at radius 2 is 1.51 bits per heavy atom. The van der Waals surface area contributed by atoms with Crippen LogP contribution in [0.5, 0.6) is 0 Å². The van der Waals surface area contributed by atoms with E-state index in [0.29, 0.717) is 4.67 Å². The van der Waals surface area contributed by atoms with Crippen molar-refractivity contribution in [2.24, 2.45) is 0 Å². The molecule has 3 atom stereocenters. The van der Waals surface area contributed by atoms with Gasteiger partial charge in [0, 0.05) is 0 Å². The van der Waals surface area contributed by atoms with Crippen LogP contribution < -0.4 is 5.30 Å². The van der Waals surface area contributed by atoms with E-state index >= 15 is 0 Å². The molecule has 3 rings (SSSR count). The van der Waals surface area contributed by atoms with Gasteiger partial charge in [-0.15, -0.1) is 0 Å². The van der Waals surface area contributed by atoms with Crippen molar-refractivity contribution < 1.29 is 49.0 Å². The standard InChI is InChI=1S/C18H20Cl2F8N2O3P2/c1-29-15(31)11-5-3-4-6-12(11)34(2)35(29,30(9-7-19)10-8-20)32-13(14(33-35)17(23,24)25)16(21,22)18(26,27)28/h3-6,13-14H,7-10H2,1-2H3/p+1. The molecule has 200 valence electrons. The number of amides is 1. The van der Waals surface area contributed by atoms with Crippen LogP contribution in [0.3, 0.4) is 0 Å². The van der Waals surface area contributed by atoms with E-state index in [4.69, 9.17) is 32.2 Å². The fourth-order valence-electron chi connectivity index (χ4n) is 4.44. The maximum atomic E-state index is 14.6. The quantitative estimate of drug-likeness (QED) is 0.240.